The number of nitrogens with one attached hydrogen (secondary N) is 3. The quantitative estimate of drug-likeness (QED) is 0.625. The Morgan fingerprint density at radius 1 is 1.17 bits per heavy atom. The third-order valence-corrected chi connectivity index (χ3v) is 5.04. The Labute approximate surface area is 172 Å². The highest BCUT2D eigenvalue weighted by atomic mass is 16.2. The van der Waals surface area contributed by atoms with Gasteiger partial charge in [-0.05, 0) is 43.3 Å². The van der Waals surface area contributed by atoms with Gasteiger partial charge < -0.3 is 20.5 Å². The molecule has 8 nitrogen and oxygen atoms in total. The Morgan fingerprint density at radius 3 is 2.70 bits per heavy atom. The molecule has 1 unspecified atom stereocenters. The molecule has 4 rings (SSSR count). The summed E-state index contributed by atoms with van der Waals surface area (Å²) in [4.78, 5) is 36.2. The van der Waals surface area contributed by atoms with Crippen LogP contribution in [0.1, 0.15) is 46.3 Å². The molecule has 1 aliphatic heterocycles. The Hall–Kier alpha value is -4.12. The third-order valence-electron chi connectivity index (χ3n) is 5.04. The standard InChI is InChI=1S/C22H19N5O3/c1-12-11-24-22(30)20-8-14-3-4-15(9-19(14)27(12)20)21(29)26-17-5-6-18(25-13(2)28)16(7-17)10-23/h3-9,12H,11H2,1-2H3,(H,24,30)(H,25,28)(H,26,29). The zero-order chi connectivity index (χ0) is 21.4. The number of benzene rings is 2. The molecule has 1 atom stereocenters. The van der Waals surface area contributed by atoms with Crippen LogP contribution < -0.4 is 16.0 Å². The number of aromatic nitrogens is 1. The largest absolute Gasteiger partial charge is 0.349 e. The maximum Gasteiger partial charge on any atom is 0.268 e. The van der Waals surface area contributed by atoms with E-state index in [0.717, 1.165) is 10.9 Å². The van der Waals surface area contributed by atoms with E-state index in [4.69, 9.17) is 0 Å². The number of carbonyl (C=O) groups is 3. The molecule has 3 N–H and O–H groups in total. The van der Waals surface area contributed by atoms with E-state index in [0.29, 0.717) is 29.2 Å². The van der Waals surface area contributed by atoms with E-state index in [-0.39, 0.29) is 29.3 Å². The Morgan fingerprint density at radius 2 is 1.97 bits per heavy atom. The van der Waals surface area contributed by atoms with Crippen LogP contribution >= 0.6 is 0 Å². The number of anilines is 2. The second-order valence-electron chi connectivity index (χ2n) is 7.24. The number of fused-ring (bicyclic) bond motifs is 3. The second kappa shape index (κ2) is 7.37. The SMILES string of the molecule is CC(=O)Nc1ccc(NC(=O)c2ccc3cc4n(c3c2)C(C)CNC4=O)cc1C#N. The lowest BCUT2D eigenvalue weighted by atomic mass is 10.1. The number of nitrogens with zero attached hydrogens (tertiary/aromatic N) is 2. The lowest BCUT2D eigenvalue weighted by Crippen LogP contribution is -2.37. The topological polar surface area (TPSA) is 116 Å². The van der Waals surface area contributed by atoms with Gasteiger partial charge in [-0.3, -0.25) is 14.4 Å². The Kier molecular flexibility index (Phi) is 4.72. The molecule has 150 valence electrons. The molecule has 0 saturated carbocycles. The van der Waals surface area contributed by atoms with Gasteiger partial charge in [0.1, 0.15) is 11.8 Å². The van der Waals surface area contributed by atoms with Crippen molar-refractivity contribution in [1.82, 2.24) is 9.88 Å². The highest BCUT2D eigenvalue weighted by molar-refractivity contribution is 6.07. The third kappa shape index (κ3) is 3.37. The lowest BCUT2D eigenvalue weighted by Gasteiger charge is -2.24. The summed E-state index contributed by atoms with van der Waals surface area (Å²) in [5.41, 5.74) is 2.91. The molecule has 0 spiro atoms. The smallest absolute Gasteiger partial charge is 0.268 e. The minimum Gasteiger partial charge on any atom is -0.349 e. The summed E-state index contributed by atoms with van der Waals surface area (Å²) in [7, 11) is 0. The highest BCUT2D eigenvalue weighted by Gasteiger charge is 2.24. The molecule has 3 aromatic rings. The van der Waals surface area contributed by atoms with Gasteiger partial charge in [0.25, 0.3) is 11.8 Å². The van der Waals surface area contributed by atoms with E-state index >= 15 is 0 Å². The van der Waals surface area contributed by atoms with Gasteiger partial charge >= 0.3 is 0 Å². The summed E-state index contributed by atoms with van der Waals surface area (Å²) >= 11 is 0. The van der Waals surface area contributed by atoms with Crippen LogP contribution in [0.2, 0.25) is 0 Å². The number of amides is 3. The van der Waals surface area contributed by atoms with Gasteiger partial charge in [0, 0.05) is 41.7 Å². The molecule has 0 radical (unpaired) electrons. The fraction of sp³-hybridized carbons (Fsp3) is 0.182. The fourth-order valence-corrected chi connectivity index (χ4v) is 3.65. The molecule has 8 heteroatoms. The molecule has 2 heterocycles. The molecule has 1 aromatic heterocycles. The summed E-state index contributed by atoms with van der Waals surface area (Å²) < 4.78 is 1.95. The van der Waals surface area contributed by atoms with Gasteiger partial charge in [-0.25, -0.2) is 0 Å². The predicted octanol–water partition coefficient (Wildman–Crippen LogP) is 3.03. The molecule has 1 aliphatic rings. The molecule has 0 aliphatic carbocycles. The molecular weight excluding hydrogens is 382 g/mol. The molecule has 3 amide bonds. The van der Waals surface area contributed by atoms with Crippen LogP contribution in [0.4, 0.5) is 11.4 Å². The number of carbonyl (C=O) groups excluding carboxylic acids is 3. The monoisotopic (exact) mass is 401 g/mol. The average molecular weight is 401 g/mol. The van der Waals surface area contributed by atoms with Gasteiger partial charge in [0.05, 0.1) is 11.3 Å². The summed E-state index contributed by atoms with van der Waals surface area (Å²) in [6, 6.07) is 13.9. The van der Waals surface area contributed by atoms with Crippen molar-refractivity contribution >= 4 is 40.0 Å². The first-order valence-electron chi connectivity index (χ1n) is 9.43. The maximum atomic E-state index is 12.8. The summed E-state index contributed by atoms with van der Waals surface area (Å²) in [6.45, 7) is 3.90. The van der Waals surface area contributed by atoms with Crippen molar-refractivity contribution in [3.05, 3.63) is 59.3 Å². The van der Waals surface area contributed by atoms with Crippen LogP contribution in [0.3, 0.4) is 0 Å². The maximum absolute atomic E-state index is 12.8. The van der Waals surface area contributed by atoms with Gasteiger partial charge in [-0.2, -0.15) is 5.26 Å². The van der Waals surface area contributed by atoms with E-state index in [1.165, 1.54) is 13.0 Å². The van der Waals surface area contributed by atoms with Crippen LogP contribution in [0.15, 0.2) is 42.5 Å². The molecule has 0 saturated heterocycles. The van der Waals surface area contributed by atoms with Crippen LogP contribution in [0.25, 0.3) is 10.9 Å². The van der Waals surface area contributed by atoms with E-state index in [1.807, 2.05) is 29.7 Å². The average Bonchev–Trinajstić information content (AvgIpc) is 3.11. The van der Waals surface area contributed by atoms with Crippen molar-refractivity contribution in [2.45, 2.75) is 19.9 Å². The number of rotatable bonds is 3. The van der Waals surface area contributed by atoms with Gasteiger partial charge in [0.2, 0.25) is 5.91 Å². The van der Waals surface area contributed by atoms with E-state index < -0.39 is 0 Å². The van der Waals surface area contributed by atoms with Gasteiger partial charge in [-0.1, -0.05) is 6.07 Å². The second-order valence-corrected chi connectivity index (χ2v) is 7.24. The van der Waals surface area contributed by atoms with E-state index in [2.05, 4.69) is 16.0 Å². The van der Waals surface area contributed by atoms with E-state index in [9.17, 15) is 19.6 Å². The summed E-state index contributed by atoms with van der Waals surface area (Å²) in [5, 5.41) is 18.4. The molecule has 30 heavy (non-hydrogen) atoms. The van der Waals surface area contributed by atoms with Crippen molar-refractivity contribution in [3.63, 3.8) is 0 Å². The first-order chi connectivity index (χ1) is 14.4. The number of hydrogen-bond donors (Lipinski definition) is 3. The Balaban J connectivity index is 1.64. The van der Waals surface area contributed by atoms with Crippen LogP contribution in [0.5, 0.6) is 0 Å². The van der Waals surface area contributed by atoms with Gasteiger partial charge in [-0.15, -0.1) is 0 Å². The minimum absolute atomic E-state index is 0.0769. The van der Waals surface area contributed by atoms with Crippen molar-refractivity contribution < 1.29 is 14.4 Å². The minimum atomic E-state index is -0.337. The first-order valence-corrected chi connectivity index (χ1v) is 9.43. The molecule has 0 bridgehead atoms. The van der Waals surface area contributed by atoms with Crippen molar-refractivity contribution in [2.24, 2.45) is 0 Å². The highest BCUT2D eigenvalue weighted by Crippen LogP contribution is 2.28. The molecular formula is C22H19N5O3. The number of nitriles is 1. The summed E-state index contributed by atoms with van der Waals surface area (Å²) in [6.07, 6.45) is 0. The molecule has 0 fully saturated rings. The van der Waals surface area contributed by atoms with Crippen molar-refractivity contribution in [3.8, 4) is 6.07 Å². The van der Waals surface area contributed by atoms with Crippen LogP contribution in [-0.2, 0) is 4.79 Å². The normalized spacial score (nSPS) is 15.1. The summed E-state index contributed by atoms with van der Waals surface area (Å²) in [5.74, 6) is -0.745. The fourth-order valence-electron chi connectivity index (χ4n) is 3.65. The lowest BCUT2D eigenvalue weighted by molar-refractivity contribution is -0.114. The Bertz CT molecular complexity index is 1250. The van der Waals surface area contributed by atoms with Gasteiger partial charge in [0.15, 0.2) is 0 Å². The van der Waals surface area contributed by atoms with Crippen LogP contribution in [-0.4, -0.2) is 28.8 Å². The number of hydrogen-bond acceptors (Lipinski definition) is 4. The molecule has 2 aromatic carbocycles. The zero-order valence-corrected chi connectivity index (χ0v) is 16.4. The van der Waals surface area contributed by atoms with Crippen LogP contribution in [0, 0.1) is 11.3 Å². The van der Waals surface area contributed by atoms with E-state index in [1.54, 1.807) is 24.3 Å². The predicted molar refractivity (Wildman–Crippen MR) is 112 cm³/mol. The first kappa shape index (κ1) is 19.2. The van der Waals surface area contributed by atoms with Crippen molar-refractivity contribution in [1.29, 1.82) is 5.26 Å². The zero-order valence-electron chi connectivity index (χ0n) is 16.4. The van der Waals surface area contributed by atoms with Crippen molar-refractivity contribution in [2.75, 3.05) is 17.2 Å².